The van der Waals surface area contributed by atoms with Gasteiger partial charge in [-0.3, -0.25) is 0 Å². The molecule has 3 N–H and O–H groups in total. The van der Waals surface area contributed by atoms with E-state index < -0.39 is 0 Å². The van der Waals surface area contributed by atoms with Crippen molar-refractivity contribution in [2.24, 2.45) is 4.99 Å². The molecule has 10 heteroatoms. The minimum absolute atomic E-state index is 0.180. The Bertz CT molecular complexity index is 996. The molecule has 0 saturated heterocycles. The van der Waals surface area contributed by atoms with Crippen molar-refractivity contribution in [3.63, 3.8) is 0 Å². The topological polar surface area (TPSA) is 106 Å². The van der Waals surface area contributed by atoms with E-state index in [1.54, 1.807) is 23.2 Å². The van der Waals surface area contributed by atoms with Crippen LogP contribution in [0.1, 0.15) is 36.7 Å². The number of carbonyl (C=O) groups is 1. The molecular formula is C21H25Cl2N7O. The molecule has 0 saturated carbocycles. The Balaban J connectivity index is 1.68. The van der Waals surface area contributed by atoms with Crippen molar-refractivity contribution in [2.45, 2.75) is 32.9 Å². The van der Waals surface area contributed by atoms with Gasteiger partial charge in [0.25, 0.3) is 0 Å². The second kappa shape index (κ2) is 10.7. The lowest BCUT2D eigenvalue weighted by Gasteiger charge is -2.29. The van der Waals surface area contributed by atoms with Gasteiger partial charge in [-0.15, -0.1) is 0 Å². The van der Waals surface area contributed by atoms with E-state index in [-0.39, 0.29) is 12.1 Å². The van der Waals surface area contributed by atoms with Crippen LogP contribution in [0.2, 0.25) is 10.0 Å². The predicted molar refractivity (Wildman–Crippen MR) is 124 cm³/mol. The molecule has 0 bridgehead atoms. The standard InChI is InChI=1S/C21H25Cl2N7O/c1-3-25-11-16(9-24)28-20-26-10-15-6-7-30(12-19(15)29-20)21(31)27-13(2)14-4-5-17(22)18(23)8-14/h4-5,8-10,13,24-25H,3,6-7,11-12H2,1-2H3,(H,27,31). The Labute approximate surface area is 191 Å². The molecule has 2 aromatic rings. The van der Waals surface area contributed by atoms with Crippen LogP contribution < -0.4 is 10.6 Å². The molecule has 1 unspecified atom stereocenters. The Hall–Kier alpha value is -2.55. The number of hydrogen-bond donors (Lipinski definition) is 3. The van der Waals surface area contributed by atoms with Gasteiger partial charge in [0.2, 0.25) is 5.95 Å². The van der Waals surface area contributed by atoms with Gasteiger partial charge in [-0.05, 0) is 43.1 Å². The number of carbonyl (C=O) groups excluding carboxylic acids is 1. The first-order chi connectivity index (χ1) is 14.9. The van der Waals surface area contributed by atoms with E-state index in [2.05, 4.69) is 25.6 Å². The van der Waals surface area contributed by atoms with Crippen LogP contribution in [0.15, 0.2) is 29.4 Å². The summed E-state index contributed by atoms with van der Waals surface area (Å²) in [5.74, 6) is 0.293. The zero-order chi connectivity index (χ0) is 22.4. The van der Waals surface area contributed by atoms with Gasteiger partial charge in [-0.2, -0.15) is 0 Å². The normalized spacial score (nSPS) is 14.7. The smallest absolute Gasteiger partial charge is 0.318 e. The maximum atomic E-state index is 12.8. The van der Waals surface area contributed by atoms with Crippen LogP contribution in [-0.2, 0) is 13.0 Å². The zero-order valence-electron chi connectivity index (χ0n) is 17.5. The minimum Gasteiger partial charge on any atom is -0.331 e. The Morgan fingerprint density at radius 1 is 1.39 bits per heavy atom. The third kappa shape index (κ3) is 6.00. The molecule has 3 rings (SSSR count). The number of urea groups is 1. The molecule has 1 aliphatic rings. The first kappa shape index (κ1) is 23.1. The molecule has 2 heterocycles. The molecule has 1 atom stereocenters. The number of nitrogens with zero attached hydrogens (tertiary/aromatic N) is 4. The molecule has 0 radical (unpaired) electrons. The number of amides is 2. The second-order valence-corrected chi connectivity index (χ2v) is 8.00. The number of hydrogen-bond acceptors (Lipinski definition) is 6. The number of rotatable bonds is 7. The van der Waals surface area contributed by atoms with Crippen LogP contribution in [0.4, 0.5) is 10.7 Å². The lowest BCUT2D eigenvalue weighted by Crippen LogP contribution is -2.43. The summed E-state index contributed by atoms with van der Waals surface area (Å²) >= 11 is 12.1. The molecule has 1 aliphatic heterocycles. The highest BCUT2D eigenvalue weighted by molar-refractivity contribution is 6.42. The van der Waals surface area contributed by atoms with E-state index in [1.807, 2.05) is 19.9 Å². The first-order valence-corrected chi connectivity index (χ1v) is 10.8. The molecule has 164 valence electrons. The summed E-state index contributed by atoms with van der Waals surface area (Å²) in [6, 6.07) is 4.91. The van der Waals surface area contributed by atoms with Gasteiger partial charge in [-0.1, -0.05) is 36.2 Å². The number of aromatic nitrogens is 2. The van der Waals surface area contributed by atoms with Crippen molar-refractivity contribution in [3.8, 4) is 0 Å². The van der Waals surface area contributed by atoms with E-state index in [4.69, 9.17) is 28.6 Å². The highest BCUT2D eigenvalue weighted by atomic mass is 35.5. The number of aliphatic imine (C=N–C) groups is 1. The van der Waals surface area contributed by atoms with Crippen LogP contribution in [0.25, 0.3) is 0 Å². The van der Waals surface area contributed by atoms with Crippen molar-refractivity contribution in [1.29, 1.82) is 5.41 Å². The summed E-state index contributed by atoms with van der Waals surface area (Å²) in [4.78, 5) is 27.7. The van der Waals surface area contributed by atoms with E-state index in [1.165, 1.54) is 6.21 Å². The van der Waals surface area contributed by atoms with Crippen LogP contribution in [0.3, 0.4) is 0 Å². The summed E-state index contributed by atoms with van der Waals surface area (Å²) in [5, 5.41) is 14.6. The molecule has 2 amide bonds. The van der Waals surface area contributed by atoms with Gasteiger partial charge in [-0.25, -0.2) is 19.8 Å². The lowest BCUT2D eigenvalue weighted by molar-refractivity contribution is 0.188. The van der Waals surface area contributed by atoms with Gasteiger partial charge >= 0.3 is 6.03 Å². The summed E-state index contributed by atoms with van der Waals surface area (Å²) in [7, 11) is 0. The van der Waals surface area contributed by atoms with Crippen LogP contribution in [0, 0.1) is 5.41 Å². The van der Waals surface area contributed by atoms with Crippen molar-refractivity contribution in [1.82, 2.24) is 25.5 Å². The SMILES string of the molecule is CCNCC(C=N)=Nc1ncc2c(n1)CN(C(=O)NC(C)c1ccc(Cl)c(Cl)c1)CC2. The summed E-state index contributed by atoms with van der Waals surface area (Å²) in [5.41, 5.74) is 3.19. The summed E-state index contributed by atoms with van der Waals surface area (Å²) in [6.45, 7) is 6.08. The number of fused-ring (bicyclic) bond motifs is 1. The molecule has 0 aliphatic carbocycles. The number of halogens is 2. The Kier molecular flexibility index (Phi) is 7.95. The zero-order valence-corrected chi connectivity index (χ0v) is 19.0. The maximum Gasteiger partial charge on any atom is 0.318 e. The van der Waals surface area contributed by atoms with Gasteiger partial charge in [0.05, 0.1) is 34.0 Å². The van der Waals surface area contributed by atoms with Gasteiger partial charge in [0, 0.05) is 25.5 Å². The molecular weight excluding hydrogens is 437 g/mol. The molecule has 0 fully saturated rings. The van der Waals surface area contributed by atoms with Crippen molar-refractivity contribution in [3.05, 3.63) is 51.3 Å². The predicted octanol–water partition coefficient (Wildman–Crippen LogP) is 3.94. The molecule has 8 nitrogen and oxygen atoms in total. The second-order valence-electron chi connectivity index (χ2n) is 7.19. The Morgan fingerprint density at radius 3 is 2.90 bits per heavy atom. The molecule has 31 heavy (non-hydrogen) atoms. The fourth-order valence-corrected chi connectivity index (χ4v) is 3.47. The summed E-state index contributed by atoms with van der Waals surface area (Å²) < 4.78 is 0. The van der Waals surface area contributed by atoms with Gasteiger partial charge in [0.1, 0.15) is 0 Å². The Morgan fingerprint density at radius 2 is 2.19 bits per heavy atom. The first-order valence-electron chi connectivity index (χ1n) is 10.0. The molecule has 1 aromatic carbocycles. The van der Waals surface area contributed by atoms with Crippen molar-refractivity contribution in [2.75, 3.05) is 19.6 Å². The number of benzene rings is 1. The van der Waals surface area contributed by atoms with Crippen LogP contribution >= 0.6 is 23.2 Å². The largest absolute Gasteiger partial charge is 0.331 e. The van der Waals surface area contributed by atoms with E-state index >= 15 is 0 Å². The van der Waals surface area contributed by atoms with E-state index in [9.17, 15) is 4.79 Å². The average molecular weight is 462 g/mol. The minimum atomic E-state index is -0.226. The van der Waals surface area contributed by atoms with Crippen LogP contribution in [0.5, 0.6) is 0 Å². The van der Waals surface area contributed by atoms with Crippen molar-refractivity contribution < 1.29 is 4.79 Å². The third-order valence-corrected chi connectivity index (χ3v) is 5.71. The molecule has 0 spiro atoms. The maximum absolute atomic E-state index is 12.8. The molecule has 1 aromatic heterocycles. The van der Waals surface area contributed by atoms with Gasteiger partial charge in [0.15, 0.2) is 0 Å². The highest BCUT2D eigenvalue weighted by Gasteiger charge is 2.24. The lowest BCUT2D eigenvalue weighted by atomic mass is 10.1. The van der Waals surface area contributed by atoms with E-state index in [0.29, 0.717) is 47.8 Å². The van der Waals surface area contributed by atoms with E-state index in [0.717, 1.165) is 23.4 Å². The summed E-state index contributed by atoms with van der Waals surface area (Å²) in [6.07, 6.45) is 3.61. The quantitative estimate of drug-likeness (QED) is 0.542. The average Bonchev–Trinajstić information content (AvgIpc) is 2.77. The van der Waals surface area contributed by atoms with Gasteiger partial charge < -0.3 is 20.9 Å². The number of nitrogens with one attached hydrogen (secondary N) is 3. The van der Waals surface area contributed by atoms with Crippen molar-refractivity contribution >= 4 is 47.1 Å². The van der Waals surface area contributed by atoms with Crippen LogP contribution in [-0.4, -0.2) is 52.5 Å². The fraction of sp³-hybridized carbons (Fsp3) is 0.381. The fourth-order valence-electron chi connectivity index (χ4n) is 3.17. The monoisotopic (exact) mass is 461 g/mol. The third-order valence-electron chi connectivity index (χ3n) is 4.97. The highest BCUT2D eigenvalue weighted by Crippen LogP contribution is 2.26.